The predicted octanol–water partition coefficient (Wildman–Crippen LogP) is 1.57. The number of amides is 2. The number of carbonyl (C=O) groups excluding carboxylic acids is 1. The van der Waals surface area contributed by atoms with Gasteiger partial charge in [-0.2, -0.15) is 0 Å². The van der Waals surface area contributed by atoms with E-state index in [-0.39, 0.29) is 6.03 Å². The van der Waals surface area contributed by atoms with E-state index in [4.69, 9.17) is 0 Å². The Balaban J connectivity index is 1.48. The van der Waals surface area contributed by atoms with Gasteiger partial charge in [-0.3, -0.25) is 0 Å². The average Bonchev–Trinajstić information content (AvgIpc) is 3.07. The highest BCUT2D eigenvalue weighted by molar-refractivity contribution is 7.09. The predicted molar refractivity (Wildman–Crippen MR) is 82.4 cm³/mol. The van der Waals surface area contributed by atoms with Gasteiger partial charge in [0.1, 0.15) is 0 Å². The third kappa shape index (κ3) is 3.49. The zero-order valence-corrected chi connectivity index (χ0v) is 12.4. The van der Waals surface area contributed by atoms with E-state index in [9.17, 15) is 4.79 Å². The Morgan fingerprint density at radius 2 is 1.95 bits per heavy atom. The number of urea groups is 1. The van der Waals surface area contributed by atoms with Crippen molar-refractivity contribution in [2.24, 2.45) is 0 Å². The monoisotopic (exact) mass is 303 g/mol. The molecule has 1 fully saturated rings. The van der Waals surface area contributed by atoms with Gasteiger partial charge in [0.25, 0.3) is 0 Å². The average molecular weight is 303 g/mol. The van der Waals surface area contributed by atoms with Crippen LogP contribution in [0.5, 0.6) is 0 Å². The fourth-order valence-electron chi connectivity index (χ4n) is 2.25. The van der Waals surface area contributed by atoms with Crippen molar-refractivity contribution in [2.75, 3.05) is 31.1 Å². The summed E-state index contributed by atoms with van der Waals surface area (Å²) in [5.74, 6) is 0.733. The molecule has 0 saturated carbocycles. The summed E-state index contributed by atoms with van der Waals surface area (Å²) in [7, 11) is 0. The number of piperazine rings is 1. The molecule has 2 aromatic rings. The second kappa shape index (κ2) is 6.53. The van der Waals surface area contributed by atoms with Gasteiger partial charge in [-0.05, 0) is 17.5 Å². The van der Waals surface area contributed by atoms with Gasteiger partial charge in [-0.1, -0.05) is 6.07 Å². The smallest absolute Gasteiger partial charge is 0.317 e. The molecule has 0 atom stereocenters. The molecule has 0 radical (unpaired) electrons. The number of thiophene rings is 1. The molecule has 0 unspecified atom stereocenters. The number of carbonyl (C=O) groups is 1. The Bertz CT molecular complexity index is 566. The second-order valence-corrected chi connectivity index (χ2v) is 5.79. The normalized spacial score (nSPS) is 15.0. The van der Waals surface area contributed by atoms with Crippen LogP contribution in [0.3, 0.4) is 0 Å². The molecule has 0 aromatic carbocycles. The number of rotatable bonds is 3. The van der Waals surface area contributed by atoms with Crippen LogP contribution in [0, 0.1) is 0 Å². The summed E-state index contributed by atoms with van der Waals surface area (Å²) in [4.78, 5) is 25.7. The van der Waals surface area contributed by atoms with E-state index in [0.29, 0.717) is 19.6 Å². The lowest BCUT2D eigenvalue weighted by molar-refractivity contribution is 0.194. The Morgan fingerprint density at radius 3 is 2.62 bits per heavy atom. The van der Waals surface area contributed by atoms with Crippen LogP contribution in [0.15, 0.2) is 36.0 Å². The molecule has 0 spiro atoms. The number of aromatic nitrogens is 2. The van der Waals surface area contributed by atoms with Crippen LogP contribution in [0.1, 0.15) is 4.88 Å². The lowest BCUT2D eigenvalue weighted by atomic mass is 10.3. The minimum absolute atomic E-state index is 0.00275. The van der Waals surface area contributed by atoms with E-state index in [1.807, 2.05) is 22.4 Å². The molecule has 0 bridgehead atoms. The van der Waals surface area contributed by atoms with Crippen LogP contribution in [0.25, 0.3) is 0 Å². The first-order valence-electron chi connectivity index (χ1n) is 6.90. The zero-order valence-electron chi connectivity index (χ0n) is 11.6. The first kappa shape index (κ1) is 13.8. The van der Waals surface area contributed by atoms with E-state index in [1.54, 1.807) is 29.8 Å². The summed E-state index contributed by atoms with van der Waals surface area (Å²) in [6.07, 6.45) is 3.48. The van der Waals surface area contributed by atoms with Gasteiger partial charge < -0.3 is 15.1 Å². The zero-order chi connectivity index (χ0) is 14.5. The van der Waals surface area contributed by atoms with E-state index < -0.39 is 0 Å². The van der Waals surface area contributed by atoms with Crippen LogP contribution in [-0.2, 0) is 6.54 Å². The van der Waals surface area contributed by atoms with Gasteiger partial charge in [-0.15, -0.1) is 11.3 Å². The SMILES string of the molecule is O=C(NCc1cccs1)N1CCN(c2ncccn2)CC1. The molecule has 7 heteroatoms. The van der Waals surface area contributed by atoms with Crippen LogP contribution in [-0.4, -0.2) is 47.1 Å². The number of hydrogen-bond acceptors (Lipinski definition) is 5. The fraction of sp³-hybridized carbons (Fsp3) is 0.357. The number of nitrogens with zero attached hydrogens (tertiary/aromatic N) is 4. The largest absolute Gasteiger partial charge is 0.337 e. The lowest BCUT2D eigenvalue weighted by Crippen LogP contribution is -2.52. The van der Waals surface area contributed by atoms with Crippen molar-refractivity contribution in [2.45, 2.75) is 6.54 Å². The van der Waals surface area contributed by atoms with Crippen LogP contribution < -0.4 is 10.2 Å². The minimum Gasteiger partial charge on any atom is -0.337 e. The molecule has 2 aromatic heterocycles. The van der Waals surface area contributed by atoms with Gasteiger partial charge in [0.05, 0.1) is 6.54 Å². The van der Waals surface area contributed by atoms with Gasteiger partial charge in [0.2, 0.25) is 5.95 Å². The molecule has 21 heavy (non-hydrogen) atoms. The molecule has 3 heterocycles. The molecule has 3 rings (SSSR count). The van der Waals surface area contributed by atoms with Crippen LogP contribution >= 0.6 is 11.3 Å². The standard InChI is InChI=1S/C14H17N5OS/c20-14(17-11-12-3-1-10-21-12)19-8-6-18(7-9-19)13-15-4-2-5-16-13/h1-5,10H,6-9,11H2,(H,17,20). The van der Waals surface area contributed by atoms with Crippen molar-refractivity contribution in [3.05, 3.63) is 40.8 Å². The lowest BCUT2D eigenvalue weighted by Gasteiger charge is -2.34. The molecule has 110 valence electrons. The van der Waals surface area contributed by atoms with Crippen molar-refractivity contribution in [3.8, 4) is 0 Å². The highest BCUT2D eigenvalue weighted by atomic mass is 32.1. The Hall–Kier alpha value is -2.15. The molecule has 6 nitrogen and oxygen atoms in total. The second-order valence-electron chi connectivity index (χ2n) is 4.76. The van der Waals surface area contributed by atoms with Gasteiger partial charge >= 0.3 is 6.03 Å². The van der Waals surface area contributed by atoms with E-state index in [1.165, 1.54) is 4.88 Å². The molecule has 2 amide bonds. The molecular formula is C14H17N5OS. The van der Waals surface area contributed by atoms with Crippen LogP contribution in [0.4, 0.5) is 10.7 Å². The summed E-state index contributed by atoms with van der Waals surface area (Å²) >= 11 is 1.65. The first-order chi connectivity index (χ1) is 10.3. The van der Waals surface area contributed by atoms with Crippen molar-refractivity contribution in [3.63, 3.8) is 0 Å². The fourth-order valence-corrected chi connectivity index (χ4v) is 2.90. The van der Waals surface area contributed by atoms with Crippen molar-refractivity contribution in [1.29, 1.82) is 0 Å². The Morgan fingerprint density at radius 1 is 1.19 bits per heavy atom. The van der Waals surface area contributed by atoms with E-state index in [2.05, 4.69) is 20.2 Å². The highest BCUT2D eigenvalue weighted by Crippen LogP contribution is 2.11. The molecule has 1 saturated heterocycles. The first-order valence-corrected chi connectivity index (χ1v) is 7.78. The molecule has 1 N–H and O–H groups in total. The van der Waals surface area contributed by atoms with E-state index in [0.717, 1.165) is 19.0 Å². The maximum atomic E-state index is 12.1. The van der Waals surface area contributed by atoms with Gasteiger partial charge in [-0.25, -0.2) is 14.8 Å². The van der Waals surface area contributed by atoms with Crippen molar-refractivity contribution < 1.29 is 4.79 Å². The van der Waals surface area contributed by atoms with Gasteiger partial charge in [0.15, 0.2) is 0 Å². The Kier molecular flexibility index (Phi) is 4.30. The van der Waals surface area contributed by atoms with E-state index >= 15 is 0 Å². The topological polar surface area (TPSA) is 61.4 Å². The molecular weight excluding hydrogens is 286 g/mol. The van der Waals surface area contributed by atoms with Crippen molar-refractivity contribution >= 4 is 23.3 Å². The summed E-state index contributed by atoms with van der Waals surface area (Å²) in [5.41, 5.74) is 0. The van der Waals surface area contributed by atoms with Gasteiger partial charge in [0, 0.05) is 43.4 Å². The third-order valence-corrected chi connectivity index (χ3v) is 4.27. The number of anilines is 1. The summed E-state index contributed by atoms with van der Waals surface area (Å²) in [6.45, 7) is 3.49. The minimum atomic E-state index is -0.00275. The summed E-state index contributed by atoms with van der Waals surface area (Å²) in [5, 5.41) is 4.97. The summed E-state index contributed by atoms with van der Waals surface area (Å²) in [6, 6.07) is 5.81. The summed E-state index contributed by atoms with van der Waals surface area (Å²) < 4.78 is 0. The molecule has 0 aliphatic carbocycles. The van der Waals surface area contributed by atoms with Crippen molar-refractivity contribution in [1.82, 2.24) is 20.2 Å². The quantitative estimate of drug-likeness (QED) is 0.935. The third-order valence-electron chi connectivity index (χ3n) is 3.40. The maximum Gasteiger partial charge on any atom is 0.317 e. The number of nitrogens with one attached hydrogen (secondary N) is 1. The van der Waals surface area contributed by atoms with Crippen LogP contribution in [0.2, 0.25) is 0 Å². The molecule has 1 aliphatic rings. The molecule has 1 aliphatic heterocycles. The maximum absolute atomic E-state index is 12.1. The number of hydrogen-bond donors (Lipinski definition) is 1. The Labute approximate surface area is 127 Å². The highest BCUT2D eigenvalue weighted by Gasteiger charge is 2.22.